The third-order valence-electron chi connectivity index (χ3n) is 4.94. The summed E-state index contributed by atoms with van der Waals surface area (Å²) in [7, 11) is -3.14. The quantitative estimate of drug-likeness (QED) is 0.679. The molecule has 0 amide bonds. The molecule has 2 rings (SSSR count). The molecule has 0 N–H and O–H groups in total. The summed E-state index contributed by atoms with van der Waals surface area (Å²) < 4.78 is 29.9. The Morgan fingerprint density at radius 2 is 2.00 bits per heavy atom. The smallest absolute Gasteiger partial charge is 0.211 e. The zero-order valence-corrected chi connectivity index (χ0v) is 18.9. The highest BCUT2D eigenvalue weighted by Gasteiger charge is 2.32. The van der Waals surface area contributed by atoms with Gasteiger partial charge in [-0.2, -0.15) is 0 Å². The molecule has 0 bridgehead atoms. The van der Waals surface area contributed by atoms with E-state index in [1.54, 1.807) is 16.1 Å². The second-order valence-corrected chi connectivity index (χ2v) is 12.6. The minimum atomic E-state index is -3.14. The van der Waals surface area contributed by atoms with Gasteiger partial charge in [0.15, 0.2) is 5.78 Å². The van der Waals surface area contributed by atoms with Gasteiger partial charge < -0.3 is 4.52 Å². The predicted molar refractivity (Wildman–Crippen MR) is 110 cm³/mol. The van der Waals surface area contributed by atoms with Crippen LogP contribution in [0.3, 0.4) is 0 Å². The van der Waals surface area contributed by atoms with Crippen LogP contribution in [-0.4, -0.2) is 53.5 Å². The molecule has 8 heteroatoms. The Bertz CT molecular complexity index is 763. The predicted octanol–water partition coefficient (Wildman–Crippen LogP) is 3.27. The maximum absolute atomic E-state index is 12.8. The van der Waals surface area contributed by atoms with E-state index in [0.29, 0.717) is 18.8 Å². The first-order chi connectivity index (χ1) is 12.3. The molecule has 0 aliphatic carbocycles. The molecule has 1 saturated heterocycles. The molecule has 6 nitrogen and oxygen atoms in total. The van der Waals surface area contributed by atoms with Crippen LogP contribution in [0.1, 0.15) is 58.9 Å². The van der Waals surface area contributed by atoms with E-state index < -0.39 is 14.8 Å². The number of ketones is 1. The topological polar surface area (TPSA) is 80.5 Å². The lowest BCUT2D eigenvalue weighted by atomic mass is 9.92. The molecule has 0 saturated carbocycles. The molecular weight excluding hydrogens is 384 g/mol. The van der Waals surface area contributed by atoms with Crippen LogP contribution in [0.5, 0.6) is 0 Å². The number of nitrogens with zero attached hydrogens (tertiary/aromatic N) is 2. The van der Waals surface area contributed by atoms with E-state index in [-0.39, 0.29) is 23.5 Å². The number of carbonyl (C=O) groups excluding carboxylic acids is 1. The average molecular weight is 417 g/mol. The number of rotatable bonds is 7. The third-order valence-corrected chi connectivity index (χ3v) is 7.80. The van der Waals surface area contributed by atoms with Gasteiger partial charge >= 0.3 is 0 Å². The van der Waals surface area contributed by atoms with Crippen molar-refractivity contribution in [2.24, 2.45) is 5.92 Å². The van der Waals surface area contributed by atoms with Gasteiger partial charge in [-0.15, -0.1) is 11.8 Å². The summed E-state index contributed by atoms with van der Waals surface area (Å²) in [6.45, 7) is 11.2. The van der Waals surface area contributed by atoms with E-state index >= 15 is 0 Å². The van der Waals surface area contributed by atoms with Crippen LogP contribution >= 0.6 is 11.8 Å². The van der Waals surface area contributed by atoms with Gasteiger partial charge in [-0.25, -0.2) is 12.7 Å². The second-order valence-electron chi connectivity index (χ2n) is 8.98. The van der Waals surface area contributed by atoms with Crippen molar-refractivity contribution in [1.82, 2.24) is 9.46 Å². The fraction of sp³-hybridized carbons (Fsp3) is 0.789. The van der Waals surface area contributed by atoms with Crippen LogP contribution in [-0.2, 0) is 26.7 Å². The third kappa shape index (κ3) is 6.32. The molecule has 1 aliphatic heterocycles. The first-order valence-electron chi connectivity index (χ1n) is 9.37. The Hall–Kier alpha value is -0.860. The Kier molecular flexibility index (Phi) is 6.85. The number of sulfonamides is 1. The fourth-order valence-corrected chi connectivity index (χ4v) is 5.10. The number of hydrogen-bond donors (Lipinski definition) is 0. The van der Waals surface area contributed by atoms with Crippen LogP contribution in [0.2, 0.25) is 0 Å². The Morgan fingerprint density at radius 1 is 1.33 bits per heavy atom. The van der Waals surface area contributed by atoms with Crippen molar-refractivity contribution in [3.63, 3.8) is 0 Å². The number of carbonyl (C=O) groups is 1. The van der Waals surface area contributed by atoms with Crippen molar-refractivity contribution in [3.8, 4) is 0 Å². The molecular formula is C19H32N2O4S2. The van der Waals surface area contributed by atoms with Crippen molar-refractivity contribution < 1.29 is 17.7 Å². The van der Waals surface area contributed by atoms with E-state index in [4.69, 9.17) is 4.52 Å². The highest BCUT2D eigenvalue weighted by Crippen LogP contribution is 2.32. The highest BCUT2D eigenvalue weighted by atomic mass is 32.2. The summed E-state index contributed by atoms with van der Waals surface area (Å²) in [5.74, 6) is 1.94. The monoisotopic (exact) mass is 416 g/mol. The average Bonchev–Trinajstić information content (AvgIpc) is 3.01. The van der Waals surface area contributed by atoms with Gasteiger partial charge in [0.05, 0.1) is 23.1 Å². The van der Waals surface area contributed by atoms with Crippen molar-refractivity contribution in [3.05, 3.63) is 17.5 Å². The number of aromatic nitrogens is 1. The van der Waals surface area contributed by atoms with E-state index in [1.807, 2.05) is 40.7 Å². The van der Waals surface area contributed by atoms with Gasteiger partial charge in [0.25, 0.3) is 0 Å². The molecule has 0 radical (unpaired) electrons. The number of thioether (sulfide) groups is 1. The molecule has 0 aromatic carbocycles. The first-order valence-corrected chi connectivity index (χ1v) is 12.2. The number of Topliss-reactive ketones (excluding diaryl/α,β-unsaturated/α-hetero) is 1. The lowest BCUT2D eigenvalue weighted by molar-refractivity contribution is -0.120. The van der Waals surface area contributed by atoms with E-state index in [0.717, 1.165) is 24.4 Å². The fourth-order valence-electron chi connectivity index (χ4n) is 3.00. The van der Waals surface area contributed by atoms with Crippen molar-refractivity contribution >= 4 is 27.6 Å². The number of hydrogen-bond acceptors (Lipinski definition) is 6. The normalized spacial score (nSPS) is 20.0. The van der Waals surface area contributed by atoms with Gasteiger partial charge in [0.2, 0.25) is 10.0 Å². The minimum Gasteiger partial charge on any atom is -0.361 e. The van der Waals surface area contributed by atoms with E-state index in [9.17, 15) is 13.2 Å². The Morgan fingerprint density at radius 3 is 2.56 bits per heavy atom. The van der Waals surface area contributed by atoms with Gasteiger partial charge in [-0.05, 0) is 38.4 Å². The van der Waals surface area contributed by atoms with Gasteiger partial charge in [-0.3, -0.25) is 4.79 Å². The maximum Gasteiger partial charge on any atom is 0.211 e. The molecule has 1 unspecified atom stereocenters. The largest absolute Gasteiger partial charge is 0.361 e. The summed E-state index contributed by atoms with van der Waals surface area (Å²) in [4.78, 5) is 12.8. The number of piperidine rings is 1. The molecule has 1 atom stereocenters. The van der Waals surface area contributed by atoms with Crippen molar-refractivity contribution in [2.45, 2.75) is 64.0 Å². The molecule has 2 heterocycles. The summed E-state index contributed by atoms with van der Waals surface area (Å²) in [6, 6.07) is 1.86. The zero-order chi connectivity index (χ0) is 20.5. The van der Waals surface area contributed by atoms with Gasteiger partial charge in [0, 0.05) is 24.6 Å². The lowest BCUT2D eigenvalue weighted by Gasteiger charge is -2.32. The van der Waals surface area contributed by atoms with Crippen molar-refractivity contribution in [2.75, 3.05) is 25.1 Å². The van der Waals surface area contributed by atoms with Crippen LogP contribution in [0.15, 0.2) is 10.6 Å². The molecule has 0 spiro atoms. The minimum absolute atomic E-state index is 0.108. The van der Waals surface area contributed by atoms with E-state index in [1.165, 1.54) is 6.26 Å². The van der Waals surface area contributed by atoms with Crippen molar-refractivity contribution in [1.29, 1.82) is 0 Å². The SMILES string of the molecule is CC(C)(SCC1CCCN(S(C)(=O)=O)C1)C(=O)Cc1cc(C(C)(C)C)on1. The highest BCUT2D eigenvalue weighted by molar-refractivity contribution is 8.01. The molecule has 154 valence electrons. The second kappa shape index (κ2) is 8.25. The summed E-state index contributed by atoms with van der Waals surface area (Å²) in [5.41, 5.74) is 0.532. The molecule has 1 aromatic heterocycles. The van der Waals surface area contributed by atoms with Gasteiger partial charge in [0.1, 0.15) is 5.76 Å². The standard InChI is InChI=1S/C19H32N2O4S2/c1-18(2,3)17-11-15(20-25-17)10-16(22)19(4,5)26-13-14-8-7-9-21(12-14)27(6,23)24/h11,14H,7-10,12-13H2,1-6H3. The summed E-state index contributed by atoms with van der Waals surface area (Å²) in [5, 5.41) is 4.04. The molecule has 1 aromatic rings. The van der Waals surface area contributed by atoms with E-state index in [2.05, 4.69) is 5.16 Å². The van der Waals surface area contributed by atoms with Crippen LogP contribution < -0.4 is 0 Å². The molecule has 27 heavy (non-hydrogen) atoms. The van der Waals surface area contributed by atoms with Crippen LogP contribution in [0.25, 0.3) is 0 Å². The van der Waals surface area contributed by atoms with Crippen LogP contribution in [0, 0.1) is 5.92 Å². The summed E-state index contributed by atoms with van der Waals surface area (Å²) >= 11 is 1.61. The lowest BCUT2D eigenvalue weighted by Crippen LogP contribution is -2.40. The molecule has 1 aliphatic rings. The summed E-state index contributed by atoms with van der Waals surface area (Å²) in [6.07, 6.45) is 3.39. The van der Waals surface area contributed by atoms with Crippen LogP contribution in [0.4, 0.5) is 0 Å². The first kappa shape index (κ1) is 22.4. The van der Waals surface area contributed by atoms with Gasteiger partial charge in [-0.1, -0.05) is 25.9 Å². The maximum atomic E-state index is 12.8. The Labute approximate surface area is 167 Å². The molecule has 1 fully saturated rings. The zero-order valence-electron chi connectivity index (χ0n) is 17.2. The Balaban J connectivity index is 1.91.